The SMILES string of the molecule is C[Si](C)CCCCc1ccccc1. The van der Waals surface area contributed by atoms with E-state index in [0.717, 1.165) is 0 Å². The van der Waals surface area contributed by atoms with Crippen LogP contribution in [-0.4, -0.2) is 8.80 Å². The van der Waals surface area contributed by atoms with Crippen molar-refractivity contribution >= 4 is 8.80 Å². The molecule has 1 aromatic carbocycles. The van der Waals surface area contributed by atoms with E-state index in [1.165, 1.54) is 30.9 Å². The Bertz CT molecular complexity index is 216. The molecule has 0 saturated carbocycles. The molecule has 0 saturated heterocycles. The number of hydrogen-bond acceptors (Lipinski definition) is 0. The summed E-state index contributed by atoms with van der Waals surface area (Å²) in [5.41, 5.74) is 1.49. The number of rotatable bonds is 5. The monoisotopic (exact) mass is 191 g/mol. The third-order valence-electron chi connectivity index (χ3n) is 2.24. The Kier molecular flexibility index (Phi) is 4.84. The van der Waals surface area contributed by atoms with E-state index in [4.69, 9.17) is 0 Å². The van der Waals surface area contributed by atoms with E-state index >= 15 is 0 Å². The first kappa shape index (κ1) is 10.5. The number of unbranched alkanes of at least 4 members (excludes halogenated alkanes) is 1. The maximum atomic E-state index is 2.40. The van der Waals surface area contributed by atoms with E-state index in [0.29, 0.717) is 0 Å². The van der Waals surface area contributed by atoms with Crippen LogP contribution < -0.4 is 0 Å². The average Bonchev–Trinajstić information content (AvgIpc) is 2.14. The predicted octanol–water partition coefficient (Wildman–Crippen LogP) is 3.76. The molecule has 1 radical (unpaired) electrons. The first-order valence-corrected chi connectivity index (χ1v) is 7.82. The van der Waals surface area contributed by atoms with Crippen molar-refractivity contribution in [3.05, 3.63) is 35.9 Å². The van der Waals surface area contributed by atoms with Gasteiger partial charge >= 0.3 is 0 Å². The minimum absolute atomic E-state index is 0.0115. The average molecular weight is 191 g/mol. The predicted molar refractivity (Wildman–Crippen MR) is 61.7 cm³/mol. The van der Waals surface area contributed by atoms with E-state index in [1.807, 2.05) is 0 Å². The van der Waals surface area contributed by atoms with Gasteiger partial charge in [0.2, 0.25) is 0 Å². The summed E-state index contributed by atoms with van der Waals surface area (Å²) in [7, 11) is 0.0115. The summed E-state index contributed by atoms with van der Waals surface area (Å²) in [5, 5.41) is 0. The van der Waals surface area contributed by atoms with Gasteiger partial charge in [0.1, 0.15) is 0 Å². The summed E-state index contributed by atoms with van der Waals surface area (Å²) in [6.07, 6.45) is 4.03. The Morgan fingerprint density at radius 2 is 1.69 bits per heavy atom. The van der Waals surface area contributed by atoms with E-state index in [1.54, 1.807) is 0 Å². The maximum Gasteiger partial charge on any atom is 0.0412 e. The second-order valence-corrected chi connectivity index (χ2v) is 6.81. The van der Waals surface area contributed by atoms with Crippen molar-refractivity contribution in [3.63, 3.8) is 0 Å². The summed E-state index contributed by atoms with van der Waals surface area (Å²) in [6.45, 7) is 4.79. The van der Waals surface area contributed by atoms with Crippen LogP contribution in [0.15, 0.2) is 30.3 Å². The molecule has 0 aliphatic heterocycles. The lowest BCUT2D eigenvalue weighted by Gasteiger charge is -2.02. The Balaban J connectivity index is 2.13. The van der Waals surface area contributed by atoms with E-state index in [2.05, 4.69) is 43.4 Å². The zero-order chi connectivity index (χ0) is 9.52. The number of hydrogen-bond donors (Lipinski definition) is 0. The Morgan fingerprint density at radius 1 is 1.00 bits per heavy atom. The van der Waals surface area contributed by atoms with Gasteiger partial charge in [-0.3, -0.25) is 0 Å². The fraction of sp³-hybridized carbons (Fsp3) is 0.500. The fourth-order valence-electron chi connectivity index (χ4n) is 1.45. The Hall–Kier alpha value is -0.563. The van der Waals surface area contributed by atoms with Crippen LogP contribution in [0.5, 0.6) is 0 Å². The second-order valence-electron chi connectivity index (χ2n) is 3.90. The molecular weight excluding hydrogens is 172 g/mol. The lowest BCUT2D eigenvalue weighted by atomic mass is 10.1. The summed E-state index contributed by atoms with van der Waals surface area (Å²) in [4.78, 5) is 0. The molecule has 0 atom stereocenters. The largest absolute Gasteiger partial charge is 0.0713 e. The van der Waals surface area contributed by atoms with Gasteiger partial charge in [-0.15, -0.1) is 0 Å². The molecule has 0 aromatic heterocycles. The quantitative estimate of drug-likeness (QED) is 0.491. The van der Waals surface area contributed by atoms with Crippen LogP contribution in [0.4, 0.5) is 0 Å². The molecule has 1 aromatic rings. The van der Waals surface area contributed by atoms with Gasteiger partial charge in [0.25, 0.3) is 0 Å². The second kappa shape index (κ2) is 5.98. The molecule has 1 rings (SSSR count). The van der Waals surface area contributed by atoms with Crippen molar-refractivity contribution < 1.29 is 0 Å². The van der Waals surface area contributed by atoms with Crippen LogP contribution in [0, 0.1) is 0 Å². The minimum atomic E-state index is 0.0115. The van der Waals surface area contributed by atoms with Crippen LogP contribution in [0.3, 0.4) is 0 Å². The van der Waals surface area contributed by atoms with Crippen molar-refractivity contribution in [1.29, 1.82) is 0 Å². The molecule has 0 bridgehead atoms. The lowest BCUT2D eigenvalue weighted by Crippen LogP contribution is -1.98. The van der Waals surface area contributed by atoms with Crippen molar-refractivity contribution in [3.8, 4) is 0 Å². The summed E-state index contributed by atoms with van der Waals surface area (Å²) in [5.74, 6) is 0. The van der Waals surface area contributed by atoms with Crippen LogP contribution in [0.1, 0.15) is 18.4 Å². The molecule has 0 aliphatic carbocycles. The molecule has 0 aliphatic rings. The molecule has 0 heterocycles. The van der Waals surface area contributed by atoms with Crippen LogP contribution >= 0.6 is 0 Å². The van der Waals surface area contributed by atoms with Gasteiger partial charge in [0, 0.05) is 8.80 Å². The highest BCUT2D eigenvalue weighted by molar-refractivity contribution is 6.55. The van der Waals surface area contributed by atoms with Crippen LogP contribution in [0.25, 0.3) is 0 Å². The van der Waals surface area contributed by atoms with Gasteiger partial charge in [-0.1, -0.05) is 55.9 Å². The molecule has 1 heteroatoms. The summed E-state index contributed by atoms with van der Waals surface area (Å²) >= 11 is 0. The topological polar surface area (TPSA) is 0 Å². The lowest BCUT2D eigenvalue weighted by molar-refractivity contribution is 0.789. The van der Waals surface area contributed by atoms with Gasteiger partial charge in [-0.25, -0.2) is 0 Å². The molecule has 0 nitrogen and oxygen atoms in total. The van der Waals surface area contributed by atoms with Gasteiger partial charge in [-0.2, -0.15) is 0 Å². The normalized spacial score (nSPS) is 10.7. The molecule has 0 amide bonds. The van der Waals surface area contributed by atoms with Gasteiger partial charge < -0.3 is 0 Å². The Morgan fingerprint density at radius 3 is 2.31 bits per heavy atom. The zero-order valence-electron chi connectivity index (χ0n) is 8.72. The van der Waals surface area contributed by atoms with E-state index < -0.39 is 0 Å². The maximum absolute atomic E-state index is 2.40. The highest BCUT2D eigenvalue weighted by atomic mass is 28.3. The van der Waals surface area contributed by atoms with Crippen molar-refractivity contribution in [2.45, 2.75) is 38.4 Å². The van der Waals surface area contributed by atoms with Crippen molar-refractivity contribution in [2.24, 2.45) is 0 Å². The van der Waals surface area contributed by atoms with Gasteiger partial charge in [-0.05, 0) is 18.4 Å². The highest BCUT2D eigenvalue weighted by Crippen LogP contribution is 2.07. The minimum Gasteiger partial charge on any atom is -0.0713 e. The molecule has 0 spiro atoms. The number of aryl methyl sites for hydroxylation is 1. The number of benzene rings is 1. The first-order chi connectivity index (χ1) is 6.29. The van der Waals surface area contributed by atoms with Crippen LogP contribution in [0.2, 0.25) is 19.1 Å². The molecule has 13 heavy (non-hydrogen) atoms. The molecule has 0 N–H and O–H groups in total. The smallest absolute Gasteiger partial charge is 0.0412 e. The van der Waals surface area contributed by atoms with Crippen LogP contribution in [-0.2, 0) is 6.42 Å². The van der Waals surface area contributed by atoms with E-state index in [-0.39, 0.29) is 8.80 Å². The van der Waals surface area contributed by atoms with Crippen molar-refractivity contribution in [2.75, 3.05) is 0 Å². The van der Waals surface area contributed by atoms with Gasteiger partial charge in [0.15, 0.2) is 0 Å². The zero-order valence-corrected chi connectivity index (χ0v) is 9.72. The third kappa shape index (κ3) is 4.89. The fourth-order valence-corrected chi connectivity index (χ4v) is 2.41. The Labute approximate surface area is 83.6 Å². The molecule has 0 unspecified atom stereocenters. The standard InChI is InChI=1S/C12H19Si/c1-13(2)11-7-6-10-12-8-4-3-5-9-12/h3-5,8-9H,6-7,10-11H2,1-2H3. The molecule has 71 valence electrons. The highest BCUT2D eigenvalue weighted by Gasteiger charge is 1.96. The molecular formula is C12H19Si. The summed E-state index contributed by atoms with van der Waals surface area (Å²) in [6, 6.07) is 12.3. The first-order valence-electron chi connectivity index (χ1n) is 5.12. The third-order valence-corrected chi connectivity index (χ3v) is 3.59. The van der Waals surface area contributed by atoms with Crippen molar-refractivity contribution in [1.82, 2.24) is 0 Å². The van der Waals surface area contributed by atoms with E-state index in [9.17, 15) is 0 Å². The molecule has 0 fully saturated rings. The summed E-state index contributed by atoms with van der Waals surface area (Å²) < 4.78 is 0. The van der Waals surface area contributed by atoms with Gasteiger partial charge in [0.05, 0.1) is 0 Å².